The quantitative estimate of drug-likeness (QED) is 0.775. The van der Waals surface area contributed by atoms with Crippen molar-refractivity contribution in [3.05, 3.63) is 51.2 Å². The third-order valence-electron chi connectivity index (χ3n) is 3.99. The molecule has 1 N–H and O–H groups in total. The van der Waals surface area contributed by atoms with Gasteiger partial charge in [0.15, 0.2) is 5.65 Å². The smallest absolute Gasteiger partial charge is 0.264 e. The molecular formula is C17H18ClN5O2. The molecule has 0 fully saturated rings. The molecule has 2 aromatic heterocycles. The van der Waals surface area contributed by atoms with E-state index >= 15 is 0 Å². The molecule has 1 aromatic carbocycles. The van der Waals surface area contributed by atoms with E-state index in [9.17, 15) is 9.59 Å². The Balaban J connectivity index is 1.73. The summed E-state index contributed by atoms with van der Waals surface area (Å²) >= 11 is 6.20. The highest BCUT2D eigenvalue weighted by atomic mass is 35.5. The van der Waals surface area contributed by atoms with Crippen molar-refractivity contribution in [3.63, 3.8) is 0 Å². The van der Waals surface area contributed by atoms with Crippen molar-refractivity contribution >= 4 is 34.2 Å². The zero-order valence-corrected chi connectivity index (χ0v) is 15.0. The number of aryl methyl sites for hydroxylation is 4. The zero-order valence-electron chi connectivity index (χ0n) is 14.2. The number of aromatic nitrogens is 4. The summed E-state index contributed by atoms with van der Waals surface area (Å²) < 4.78 is 2.95. The summed E-state index contributed by atoms with van der Waals surface area (Å²) in [7, 11) is 1.72. The molecular weight excluding hydrogens is 342 g/mol. The van der Waals surface area contributed by atoms with E-state index in [1.54, 1.807) is 13.1 Å². The Bertz CT molecular complexity index is 999. The van der Waals surface area contributed by atoms with Crippen LogP contribution in [0.5, 0.6) is 0 Å². The first-order valence-electron chi connectivity index (χ1n) is 7.80. The molecule has 0 saturated carbocycles. The number of fused-ring (bicyclic) bond motifs is 1. The normalized spacial score (nSPS) is 11.0. The Hall–Kier alpha value is -2.67. The van der Waals surface area contributed by atoms with E-state index in [0.29, 0.717) is 21.7 Å². The average molecular weight is 360 g/mol. The second-order valence-corrected chi connectivity index (χ2v) is 6.39. The lowest BCUT2D eigenvalue weighted by molar-refractivity contribution is -0.116. The molecule has 0 saturated heterocycles. The highest BCUT2D eigenvalue weighted by Gasteiger charge is 2.12. The van der Waals surface area contributed by atoms with Crippen LogP contribution in [0, 0.1) is 13.8 Å². The number of hydrogen-bond acceptors (Lipinski definition) is 4. The predicted molar refractivity (Wildman–Crippen MR) is 96.9 cm³/mol. The van der Waals surface area contributed by atoms with Crippen molar-refractivity contribution in [2.75, 3.05) is 5.32 Å². The minimum Gasteiger partial charge on any atom is -0.324 e. The summed E-state index contributed by atoms with van der Waals surface area (Å²) in [5.41, 5.74) is 2.84. The van der Waals surface area contributed by atoms with Gasteiger partial charge in [-0.1, -0.05) is 17.7 Å². The molecule has 0 radical (unpaired) electrons. The fraction of sp³-hybridized carbons (Fsp3) is 0.294. The standard InChI is InChI=1S/C17H18ClN5O2/c1-10-6-11(2)15(13(18)7-10)21-14(24)4-5-23-9-19-16-12(17(23)25)8-20-22(16)3/h6-9H,4-5H2,1-3H3,(H,21,24). The van der Waals surface area contributed by atoms with Gasteiger partial charge in [0.25, 0.3) is 5.56 Å². The number of rotatable bonds is 4. The second-order valence-electron chi connectivity index (χ2n) is 5.99. The maximum atomic E-state index is 12.4. The Morgan fingerprint density at radius 3 is 2.80 bits per heavy atom. The van der Waals surface area contributed by atoms with Crippen molar-refractivity contribution < 1.29 is 4.79 Å². The van der Waals surface area contributed by atoms with Gasteiger partial charge in [0.1, 0.15) is 5.39 Å². The average Bonchev–Trinajstić information content (AvgIpc) is 2.92. The first kappa shape index (κ1) is 17.2. The lowest BCUT2D eigenvalue weighted by Gasteiger charge is -2.12. The van der Waals surface area contributed by atoms with E-state index in [4.69, 9.17) is 11.6 Å². The topological polar surface area (TPSA) is 81.8 Å². The Morgan fingerprint density at radius 1 is 1.32 bits per heavy atom. The number of nitrogens with zero attached hydrogens (tertiary/aromatic N) is 4. The zero-order chi connectivity index (χ0) is 18.1. The fourth-order valence-corrected chi connectivity index (χ4v) is 3.09. The van der Waals surface area contributed by atoms with Gasteiger partial charge in [0, 0.05) is 20.0 Å². The Labute approximate surface area is 149 Å². The Kier molecular flexibility index (Phi) is 4.59. The molecule has 0 spiro atoms. The molecule has 0 aliphatic rings. The van der Waals surface area contributed by atoms with E-state index in [1.807, 2.05) is 19.9 Å². The third-order valence-corrected chi connectivity index (χ3v) is 4.29. The van der Waals surface area contributed by atoms with Crippen LogP contribution in [0.3, 0.4) is 0 Å². The van der Waals surface area contributed by atoms with Crippen LogP contribution < -0.4 is 10.9 Å². The molecule has 130 valence electrons. The molecule has 2 heterocycles. The molecule has 0 atom stereocenters. The first-order chi connectivity index (χ1) is 11.9. The van der Waals surface area contributed by atoms with Crippen LogP contribution in [0.25, 0.3) is 11.0 Å². The minimum atomic E-state index is -0.216. The lowest BCUT2D eigenvalue weighted by atomic mass is 10.1. The van der Waals surface area contributed by atoms with Crippen molar-refractivity contribution in [2.24, 2.45) is 7.05 Å². The molecule has 25 heavy (non-hydrogen) atoms. The van der Waals surface area contributed by atoms with E-state index in [-0.39, 0.29) is 24.4 Å². The molecule has 0 unspecified atom stereocenters. The van der Waals surface area contributed by atoms with Gasteiger partial charge in [-0.2, -0.15) is 5.10 Å². The van der Waals surface area contributed by atoms with Crippen LogP contribution in [0.15, 0.2) is 29.5 Å². The van der Waals surface area contributed by atoms with Gasteiger partial charge in [-0.05, 0) is 31.0 Å². The third kappa shape index (κ3) is 3.41. The SMILES string of the molecule is Cc1cc(C)c(NC(=O)CCn2cnc3c(cnn3C)c2=O)c(Cl)c1. The van der Waals surface area contributed by atoms with E-state index < -0.39 is 0 Å². The lowest BCUT2D eigenvalue weighted by Crippen LogP contribution is -2.23. The number of carbonyl (C=O) groups is 1. The molecule has 8 heteroatoms. The van der Waals surface area contributed by atoms with E-state index in [0.717, 1.165) is 11.1 Å². The summed E-state index contributed by atoms with van der Waals surface area (Å²) in [5, 5.41) is 7.77. The number of halogens is 1. The number of anilines is 1. The van der Waals surface area contributed by atoms with Crippen LogP contribution in [-0.2, 0) is 18.4 Å². The highest BCUT2D eigenvalue weighted by molar-refractivity contribution is 6.34. The van der Waals surface area contributed by atoms with Crippen molar-refractivity contribution in [1.29, 1.82) is 0 Å². The maximum Gasteiger partial charge on any atom is 0.264 e. The highest BCUT2D eigenvalue weighted by Crippen LogP contribution is 2.27. The van der Waals surface area contributed by atoms with Gasteiger partial charge in [-0.15, -0.1) is 0 Å². The number of hydrogen-bond donors (Lipinski definition) is 1. The first-order valence-corrected chi connectivity index (χ1v) is 8.18. The molecule has 1 amide bonds. The minimum absolute atomic E-state index is 0.136. The molecule has 3 rings (SSSR count). The van der Waals surface area contributed by atoms with E-state index in [1.165, 1.54) is 21.8 Å². The second kappa shape index (κ2) is 6.68. The van der Waals surface area contributed by atoms with Gasteiger partial charge in [0.2, 0.25) is 5.91 Å². The summed E-state index contributed by atoms with van der Waals surface area (Å²) in [6, 6.07) is 3.75. The summed E-state index contributed by atoms with van der Waals surface area (Å²) in [6.07, 6.45) is 3.05. The van der Waals surface area contributed by atoms with Crippen molar-refractivity contribution in [2.45, 2.75) is 26.8 Å². The molecule has 0 aliphatic carbocycles. The maximum absolute atomic E-state index is 12.4. The van der Waals surface area contributed by atoms with Crippen molar-refractivity contribution in [3.8, 4) is 0 Å². The van der Waals surface area contributed by atoms with Crippen molar-refractivity contribution in [1.82, 2.24) is 19.3 Å². The van der Waals surface area contributed by atoms with Crippen LogP contribution in [0.4, 0.5) is 5.69 Å². The van der Waals surface area contributed by atoms with Gasteiger partial charge in [0.05, 0.1) is 23.2 Å². The molecule has 7 nitrogen and oxygen atoms in total. The molecule has 3 aromatic rings. The van der Waals surface area contributed by atoms with Gasteiger partial charge in [-0.25, -0.2) is 4.98 Å². The van der Waals surface area contributed by atoms with Crippen LogP contribution in [0.2, 0.25) is 5.02 Å². The van der Waals surface area contributed by atoms with Gasteiger partial charge in [-0.3, -0.25) is 18.8 Å². The van der Waals surface area contributed by atoms with Gasteiger partial charge < -0.3 is 5.32 Å². The molecule has 0 bridgehead atoms. The predicted octanol–water partition coefficient (Wildman–Crippen LogP) is 2.43. The largest absolute Gasteiger partial charge is 0.324 e. The van der Waals surface area contributed by atoms with Crippen LogP contribution >= 0.6 is 11.6 Å². The van der Waals surface area contributed by atoms with E-state index in [2.05, 4.69) is 15.4 Å². The number of nitrogens with one attached hydrogen (secondary N) is 1. The monoisotopic (exact) mass is 359 g/mol. The Morgan fingerprint density at radius 2 is 2.08 bits per heavy atom. The summed E-state index contributed by atoms with van der Waals surface area (Å²) in [5.74, 6) is -0.216. The van der Waals surface area contributed by atoms with Crippen LogP contribution in [-0.4, -0.2) is 25.2 Å². The van der Waals surface area contributed by atoms with Crippen LogP contribution in [0.1, 0.15) is 17.5 Å². The number of amides is 1. The fourth-order valence-electron chi connectivity index (χ4n) is 2.72. The van der Waals surface area contributed by atoms with Gasteiger partial charge >= 0.3 is 0 Å². The molecule has 0 aliphatic heterocycles. The summed E-state index contributed by atoms with van der Waals surface area (Å²) in [4.78, 5) is 28.8. The number of carbonyl (C=O) groups excluding carboxylic acids is 1. The number of benzene rings is 1. The summed E-state index contributed by atoms with van der Waals surface area (Å²) in [6.45, 7) is 4.06.